The highest BCUT2D eigenvalue weighted by atomic mass is 32.2. The fourth-order valence-corrected chi connectivity index (χ4v) is 3.43. The zero-order valence-electron chi connectivity index (χ0n) is 9.68. The van der Waals surface area contributed by atoms with Crippen LogP contribution < -0.4 is 5.32 Å². The van der Waals surface area contributed by atoms with Crippen molar-refractivity contribution in [3.05, 3.63) is 29.8 Å². The van der Waals surface area contributed by atoms with Gasteiger partial charge in [0.25, 0.3) is 0 Å². The molecule has 0 spiro atoms. The summed E-state index contributed by atoms with van der Waals surface area (Å²) < 4.78 is -0.404. The summed E-state index contributed by atoms with van der Waals surface area (Å²) >= 11 is 1.52. The zero-order valence-corrected chi connectivity index (χ0v) is 10.5. The van der Waals surface area contributed by atoms with Crippen LogP contribution >= 0.6 is 11.8 Å². The maximum absolute atomic E-state index is 11.1. The van der Waals surface area contributed by atoms with Crippen LogP contribution in [0.3, 0.4) is 0 Å². The molecule has 92 valence electrons. The molecule has 0 aromatic heterocycles. The quantitative estimate of drug-likeness (QED) is 0.751. The van der Waals surface area contributed by atoms with E-state index in [1.165, 1.54) is 11.8 Å². The maximum atomic E-state index is 11.1. The highest BCUT2D eigenvalue weighted by Crippen LogP contribution is 2.47. The number of carboxylic acid groups (broad SMARTS) is 1. The third kappa shape index (κ3) is 2.25. The van der Waals surface area contributed by atoms with Crippen LogP contribution in [-0.2, 0) is 4.79 Å². The number of hydrogen-bond donors (Lipinski definition) is 3. The molecule has 17 heavy (non-hydrogen) atoms. The van der Waals surface area contributed by atoms with Crippen LogP contribution in [0.5, 0.6) is 5.75 Å². The summed E-state index contributed by atoms with van der Waals surface area (Å²) in [5.41, 5.74) is 0.731. The predicted molar refractivity (Wildman–Crippen MR) is 67.1 cm³/mol. The molecule has 5 heteroatoms. The number of aliphatic carboxylic acids is 1. The van der Waals surface area contributed by atoms with E-state index in [9.17, 15) is 9.90 Å². The van der Waals surface area contributed by atoms with E-state index >= 15 is 0 Å². The minimum atomic E-state index is -0.861. The Hall–Kier alpha value is -1.20. The lowest BCUT2D eigenvalue weighted by Crippen LogP contribution is -2.43. The molecule has 2 atom stereocenters. The standard InChI is InChI=1S/C12H15NO3S/c1-12(2)9(11(15)16)13-10(17-12)7-5-3-4-6-8(7)14/h3-6,9-10,13-14H,1-2H3,(H,15,16)/t9-,10?/m0/s1. The number of para-hydroxylation sites is 1. The van der Waals surface area contributed by atoms with Gasteiger partial charge in [0.1, 0.15) is 11.8 Å². The van der Waals surface area contributed by atoms with E-state index in [1.54, 1.807) is 18.2 Å². The SMILES string of the molecule is CC1(C)SC(c2ccccc2O)N[C@H]1C(=O)O. The number of nitrogens with one attached hydrogen (secondary N) is 1. The molecule has 1 aromatic carbocycles. The largest absolute Gasteiger partial charge is 0.508 e. The lowest BCUT2D eigenvalue weighted by Gasteiger charge is -2.20. The molecule has 3 N–H and O–H groups in total. The van der Waals surface area contributed by atoms with Gasteiger partial charge in [0.15, 0.2) is 0 Å². The molecule has 0 aliphatic carbocycles. The van der Waals surface area contributed by atoms with Gasteiger partial charge in [-0.1, -0.05) is 18.2 Å². The van der Waals surface area contributed by atoms with Gasteiger partial charge in [-0.2, -0.15) is 0 Å². The second-order valence-corrected chi connectivity index (χ2v) is 6.36. The summed E-state index contributed by atoms with van der Waals surface area (Å²) in [6, 6.07) is 6.38. The molecule has 1 heterocycles. The lowest BCUT2D eigenvalue weighted by atomic mass is 10.0. The molecule has 2 rings (SSSR count). The highest BCUT2D eigenvalue weighted by molar-refractivity contribution is 8.01. The highest BCUT2D eigenvalue weighted by Gasteiger charge is 2.46. The van der Waals surface area contributed by atoms with Crippen LogP contribution in [0.1, 0.15) is 24.8 Å². The number of hydrogen-bond acceptors (Lipinski definition) is 4. The monoisotopic (exact) mass is 253 g/mol. The average molecular weight is 253 g/mol. The summed E-state index contributed by atoms with van der Waals surface area (Å²) in [5, 5.41) is 21.8. The third-order valence-corrected chi connectivity index (χ3v) is 4.37. The van der Waals surface area contributed by atoms with Gasteiger partial charge in [0, 0.05) is 10.3 Å². The normalized spacial score (nSPS) is 26.9. The first-order valence-corrected chi connectivity index (χ1v) is 6.24. The summed E-state index contributed by atoms with van der Waals surface area (Å²) in [6.45, 7) is 3.78. The number of phenolic OH excluding ortho intramolecular Hbond substituents is 1. The number of phenols is 1. The summed E-state index contributed by atoms with van der Waals surface area (Å²) in [7, 11) is 0. The Balaban J connectivity index is 2.28. The van der Waals surface area contributed by atoms with Gasteiger partial charge in [0.2, 0.25) is 0 Å². The number of rotatable bonds is 2. The summed E-state index contributed by atoms with van der Waals surface area (Å²) in [6.07, 6.45) is 0. The van der Waals surface area contributed by atoms with Gasteiger partial charge >= 0.3 is 5.97 Å². The first-order valence-electron chi connectivity index (χ1n) is 5.36. The van der Waals surface area contributed by atoms with E-state index in [4.69, 9.17) is 5.11 Å². The van der Waals surface area contributed by atoms with E-state index in [0.717, 1.165) is 5.56 Å². The minimum Gasteiger partial charge on any atom is -0.508 e. The molecule has 1 fully saturated rings. The average Bonchev–Trinajstić information content (AvgIpc) is 2.55. The van der Waals surface area contributed by atoms with Crippen LogP contribution in [0, 0.1) is 0 Å². The summed E-state index contributed by atoms with van der Waals surface area (Å²) in [5.74, 6) is -0.667. The van der Waals surface area contributed by atoms with Crippen LogP contribution in [0.2, 0.25) is 0 Å². The van der Waals surface area contributed by atoms with Crippen LogP contribution in [0.25, 0.3) is 0 Å². The van der Waals surface area contributed by atoms with Gasteiger partial charge in [-0.15, -0.1) is 11.8 Å². The Morgan fingerprint density at radius 1 is 1.41 bits per heavy atom. The molecular weight excluding hydrogens is 238 g/mol. The predicted octanol–water partition coefficient (Wildman–Crippen LogP) is 1.96. The second kappa shape index (κ2) is 4.23. The molecule has 4 nitrogen and oxygen atoms in total. The van der Waals surface area contributed by atoms with Crippen molar-refractivity contribution in [2.45, 2.75) is 30.0 Å². The Morgan fingerprint density at radius 2 is 2.06 bits per heavy atom. The number of carbonyl (C=O) groups is 1. The van der Waals surface area contributed by atoms with Crippen molar-refractivity contribution in [1.29, 1.82) is 0 Å². The van der Waals surface area contributed by atoms with Crippen molar-refractivity contribution in [3.8, 4) is 5.75 Å². The van der Waals surface area contributed by atoms with Crippen molar-refractivity contribution >= 4 is 17.7 Å². The summed E-state index contributed by atoms with van der Waals surface area (Å²) in [4.78, 5) is 11.1. The second-order valence-electron chi connectivity index (χ2n) is 4.60. The smallest absolute Gasteiger partial charge is 0.322 e. The Morgan fingerprint density at radius 3 is 2.59 bits per heavy atom. The first kappa shape index (κ1) is 12.3. The molecule has 0 saturated carbocycles. The minimum absolute atomic E-state index is 0.188. The van der Waals surface area contributed by atoms with E-state index < -0.39 is 16.8 Å². The number of carboxylic acids is 1. The molecule has 1 aliphatic heterocycles. The Kier molecular flexibility index (Phi) is 3.05. The fraction of sp³-hybridized carbons (Fsp3) is 0.417. The number of benzene rings is 1. The van der Waals surface area contributed by atoms with Gasteiger partial charge in [-0.25, -0.2) is 0 Å². The van der Waals surface area contributed by atoms with Gasteiger partial charge in [0.05, 0.1) is 5.37 Å². The van der Waals surface area contributed by atoms with Gasteiger partial charge < -0.3 is 10.2 Å². The fourth-order valence-electron chi connectivity index (χ4n) is 1.99. The lowest BCUT2D eigenvalue weighted by molar-refractivity contribution is -0.139. The molecule has 0 bridgehead atoms. The molecule has 1 saturated heterocycles. The number of aromatic hydroxyl groups is 1. The van der Waals surface area contributed by atoms with Crippen LogP contribution in [-0.4, -0.2) is 27.0 Å². The van der Waals surface area contributed by atoms with Crippen LogP contribution in [0.15, 0.2) is 24.3 Å². The van der Waals surface area contributed by atoms with E-state index in [0.29, 0.717) is 0 Å². The van der Waals surface area contributed by atoms with Crippen molar-refractivity contribution in [1.82, 2.24) is 5.32 Å². The van der Waals surface area contributed by atoms with E-state index in [-0.39, 0.29) is 11.1 Å². The molecular formula is C12H15NO3S. The van der Waals surface area contributed by atoms with Gasteiger partial charge in [-0.3, -0.25) is 10.1 Å². The van der Waals surface area contributed by atoms with E-state index in [1.807, 2.05) is 19.9 Å². The number of thioether (sulfide) groups is 1. The van der Waals surface area contributed by atoms with Gasteiger partial charge in [-0.05, 0) is 19.9 Å². The Bertz CT molecular complexity index is 447. The zero-order chi connectivity index (χ0) is 12.6. The van der Waals surface area contributed by atoms with E-state index in [2.05, 4.69) is 5.32 Å². The molecule has 0 amide bonds. The molecule has 0 radical (unpaired) electrons. The third-order valence-electron chi connectivity index (χ3n) is 2.90. The topological polar surface area (TPSA) is 69.6 Å². The van der Waals surface area contributed by atoms with Crippen molar-refractivity contribution in [2.24, 2.45) is 0 Å². The van der Waals surface area contributed by atoms with Crippen molar-refractivity contribution in [2.75, 3.05) is 0 Å². The van der Waals surface area contributed by atoms with Crippen LogP contribution in [0.4, 0.5) is 0 Å². The van der Waals surface area contributed by atoms with Crippen molar-refractivity contribution < 1.29 is 15.0 Å². The maximum Gasteiger partial charge on any atom is 0.322 e. The van der Waals surface area contributed by atoms with Crippen molar-refractivity contribution in [3.63, 3.8) is 0 Å². The Labute approximate surface area is 104 Å². The molecule has 1 aromatic rings. The molecule has 1 unspecified atom stereocenters. The molecule has 1 aliphatic rings. The first-order chi connectivity index (χ1) is 7.92.